The van der Waals surface area contributed by atoms with Crippen molar-refractivity contribution >= 4 is 17.2 Å². The topological polar surface area (TPSA) is 64.0 Å². The highest BCUT2D eigenvalue weighted by Crippen LogP contribution is 2.31. The number of rotatable bonds is 5. The van der Waals surface area contributed by atoms with E-state index >= 15 is 0 Å². The van der Waals surface area contributed by atoms with E-state index in [9.17, 15) is 22.8 Å². The molecule has 0 unspecified atom stereocenters. The number of hydrogen-bond donors (Lipinski definition) is 1. The molecule has 0 radical (unpaired) electrons. The van der Waals surface area contributed by atoms with Gasteiger partial charge in [-0.2, -0.15) is 18.3 Å². The fourth-order valence-corrected chi connectivity index (χ4v) is 3.15. The van der Waals surface area contributed by atoms with Crippen LogP contribution >= 0.6 is 11.3 Å². The molecule has 0 spiro atoms. The van der Waals surface area contributed by atoms with E-state index in [1.54, 1.807) is 6.07 Å². The first kappa shape index (κ1) is 18.8. The van der Waals surface area contributed by atoms with Crippen molar-refractivity contribution in [1.82, 2.24) is 15.1 Å². The number of carbonyl (C=O) groups is 1. The van der Waals surface area contributed by atoms with Gasteiger partial charge in [0.1, 0.15) is 5.69 Å². The molecule has 1 N–H and O–H groups in total. The van der Waals surface area contributed by atoms with Crippen molar-refractivity contribution in [3.8, 4) is 10.6 Å². The van der Waals surface area contributed by atoms with Gasteiger partial charge in [0.2, 0.25) is 0 Å². The van der Waals surface area contributed by atoms with E-state index in [0.29, 0.717) is 5.69 Å². The SMILES string of the molecule is O=C(NCCn1nc(-c2cccs2)ccc1=O)c1ccccc1C(F)(F)F. The Morgan fingerprint density at radius 2 is 1.89 bits per heavy atom. The van der Waals surface area contributed by atoms with E-state index in [-0.39, 0.29) is 18.6 Å². The van der Waals surface area contributed by atoms with Crippen molar-refractivity contribution in [2.45, 2.75) is 12.7 Å². The fraction of sp³-hybridized carbons (Fsp3) is 0.167. The van der Waals surface area contributed by atoms with E-state index in [4.69, 9.17) is 0 Å². The minimum absolute atomic E-state index is 0.0359. The molecule has 0 bridgehead atoms. The molecule has 5 nitrogen and oxygen atoms in total. The summed E-state index contributed by atoms with van der Waals surface area (Å²) >= 11 is 1.47. The lowest BCUT2D eigenvalue weighted by atomic mass is 10.1. The van der Waals surface area contributed by atoms with Crippen LogP contribution in [-0.4, -0.2) is 22.2 Å². The van der Waals surface area contributed by atoms with Gasteiger partial charge in [0.25, 0.3) is 11.5 Å². The number of amides is 1. The number of nitrogens with zero attached hydrogens (tertiary/aromatic N) is 2. The predicted octanol–water partition coefficient (Wildman–Crippen LogP) is 3.42. The van der Waals surface area contributed by atoms with Crippen LogP contribution in [0.1, 0.15) is 15.9 Å². The molecule has 140 valence electrons. The van der Waals surface area contributed by atoms with Crippen LogP contribution in [0, 0.1) is 0 Å². The molecule has 2 aromatic heterocycles. The molecule has 2 heterocycles. The van der Waals surface area contributed by atoms with Crippen molar-refractivity contribution in [3.05, 3.63) is 75.4 Å². The molecule has 0 aliphatic carbocycles. The van der Waals surface area contributed by atoms with Crippen LogP contribution in [0.25, 0.3) is 10.6 Å². The first-order valence-corrected chi connectivity index (χ1v) is 8.81. The zero-order chi connectivity index (χ0) is 19.4. The number of hydrogen-bond acceptors (Lipinski definition) is 4. The molecule has 9 heteroatoms. The number of nitrogens with one attached hydrogen (secondary N) is 1. The standard InChI is InChI=1S/C18H14F3N3O2S/c19-18(20,21)13-5-2-1-4-12(13)17(26)22-9-10-24-16(25)8-7-14(23-24)15-6-3-11-27-15/h1-8,11H,9-10H2,(H,22,26). The van der Waals surface area contributed by atoms with Crippen LogP contribution in [0.4, 0.5) is 13.2 Å². The minimum Gasteiger partial charge on any atom is -0.350 e. The van der Waals surface area contributed by atoms with Gasteiger partial charge in [-0.15, -0.1) is 11.3 Å². The second-order valence-corrected chi connectivity index (χ2v) is 6.50. The lowest BCUT2D eigenvalue weighted by Crippen LogP contribution is -2.32. The van der Waals surface area contributed by atoms with Crippen molar-refractivity contribution < 1.29 is 18.0 Å². The van der Waals surface area contributed by atoms with Crippen molar-refractivity contribution in [2.24, 2.45) is 0 Å². The Labute approximate surface area is 156 Å². The number of alkyl halides is 3. The van der Waals surface area contributed by atoms with Crippen molar-refractivity contribution in [2.75, 3.05) is 6.54 Å². The molecular formula is C18H14F3N3O2S. The third-order valence-electron chi connectivity index (χ3n) is 3.73. The molecule has 1 aromatic carbocycles. The Hall–Kier alpha value is -2.94. The first-order valence-electron chi connectivity index (χ1n) is 7.93. The van der Waals surface area contributed by atoms with E-state index in [1.165, 1.54) is 34.2 Å². The van der Waals surface area contributed by atoms with Gasteiger partial charge in [0.05, 0.1) is 22.5 Å². The summed E-state index contributed by atoms with van der Waals surface area (Å²) in [6, 6.07) is 11.2. The fourth-order valence-electron chi connectivity index (χ4n) is 2.46. The van der Waals surface area contributed by atoms with Gasteiger partial charge >= 0.3 is 6.18 Å². The van der Waals surface area contributed by atoms with Crippen molar-refractivity contribution in [3.63, 3.8) is 0 Å². The number of thiophene rings is 1. The molecule has 27 heavy (non-hydrogen) atoms. The van der Waals surface area contributed by atoms with E-state index in [0.717, 1.165) is 17.0 Å². The summed E-state index contributed by atoms with van der Waals surface area (Å²) in [6.07, 6.45) is -4.62. The van der Waals surface area contributed by atoms with Crippen LogP contribution in [0.5, 0.6) is 0 Å². The zero-order valence-corrected chi connectivity index (χ0v) is 14.7. The molecular weight excluding hydrogens is 379 g/mol. The first-order chi connectivity index (χ1) is 12.9. The molecule has 0 atom stereocenters. The molecule has 0 fully saturated rings. The van der Waals surface area contributed by atoms with Crippen LogP contribution in [-0.2, 0) is 12.7 Å². The lowest BCUT2D eigenvalue weighted by Gasteiger charge is -2.13. The van der Waals surface area contributed by atoms with Crippen LogP contribution < -0.4 is 10.9 Å². The van der Waals surface area contributed by atoms with Crippen LogP contribution in [0.2, 0.25) is 0 Å². The average molecular weight is 393 g/mol. The summed E-state index contributed by atoms with van der Waals surface area (Å²) < 4.78 is 40.2. The molecule has 1 amide bonds. The summed E-state index contributed by atoms with van der Waals surface area (Å²) in [5.74, 6) is -0.856. The van der Waals surface area contributed by atoms with Gasteiger partial charge in [-0.3, -0.25) is 9.59 Å². The van der Waals surface area contributed by atoms with Gasteiger partial charge in [-0.1, -0.05) is 18.2 Å². The Kier molecular flexibility index (Phi) is 5.41. The highest BCUT2D eigenvalue weighted by molar-refractivity contribution is 7.13. The summed E-state index contributed by atoms with van der Waals surface area (Å²) in [6.45, 7) is 0.00377. The molecule has 3 aromatic rings. The van der Waals surface area contributed by atoms with Gasteiger partial charge in [0, 0.05) is 12.6 Å². The van der Waals surface area contributed by atoms with Crippen LogP contribution in [0.15, 0.2) is 58.7 Å². The van der Waals surface area contributed by atoms with Gasteiger partial charge in [-0.25, -0.2) is 4.68 Å². The molecule has 0 saturated carbocycles. The highest BCUT2D eigenvalue weighted by Gasteiger charge is 2.34. The van der Waals surface area contributed by atoms with Crippen LogP contribution in [0.3, 0.4) is 0 Å². The maximum atomic E-state index is 13.0. The highest BCUT2D eigenvalue weighted by atomic mass is 32.1. The lowest BCUT2D eigenvalue weighted by molar-refractivity contribution is -0.137. The van der Waals surface area contributed by atoms with Gasteiger partial charge in [-0.05, 0) is 29.6 Å². The summed E-state index contributed by atoms with van der Waals surface area (Å²) in [5, 5.41) is 8.51. The Bertz CT molecular complexity index is 998. The summed E-state index contributed by atoms with van der Waals surface area (Å²) in [7, 11) is 0. The quantitative estimate of drug-likeness (QED) is 0.723. The van der Waals surface area contributed by atoms with Crippen molar-refractivity contribution in [1.29, 1.82) is 0 Å². The second-order valence-electron chi connectivity index (χ2n) is 5.56. The minimum atomic E-state index is -4.62. The zero-order valence-electron chi connectivity index (χ0n) is 13.9. The third kappa shape index (κ3) is 4.43. The molecule has 0 aliphatic heterocycles. The number of halogens is 3. The smallest absolute Gasteiger partial charge is 0.350 e. The third-order valence-corrected chi connectivity index (χ3v) is 4.62. The second kappa shape index (κ2) is 7.75. The average Bonchev–Trinajstić information content (AvgIpc) is 3.17. The largest absolute Gasteiger partial charge is 0.417 e. The predicted molar refractivity (Wildman–Crippen MR) is 95.6 cm³/mol. The van der Waals surface area contributed by atoms with E-state index < -0.39 is 23.2 Å². The number of carbonyl (C=O) groups excluding carboxylic acids is 1. The Balaban J connectivity index is 1.70. The molecule has 3 rings (SSSR count). The Morgan fingerprint density at radius 1 is 1.11 bits per heavy atom. The van der Waals surface area contributed by atoms with Gasteiger partial charge in [0.15, 0.2) is 0 Å². The van der Waals surface area contributed by atoms with E-state index in [1.807, 2.05) is 17.5 Å². The maximum Gasteiger partial charge on any atom is 0.417 e. The summed E-state index contributed by atoms with van der Waals surface area (Å²) in [5.41, 5.74) is -1.21. The van der Waals surface area contributed by atoms with Gasteiger partial charge < -0.3 is 5.32 Å². The summed E-state index contributed by atoms with van der Waals surface area (Å²) in [4.78, 5) is 24.9. The normalized spacial score (nSPS) is 11.4. The Morgan fingerprint density at radius 3 is 2.59 bits per heavy atom. The number of benzene rings is 1. The monoisotopic (exact) mass is 393 g/mol. The maximum absolute atomic E-state index is 13.0. The molecule has 0 saturated heterocycles. The molecule has 0 aliphatic rings. The van der Waals surface area contributed by atoms with E-state index in [2.05, 4.69) is 10.4 Å². The number of aromatic nitrogens is 2.